The molecule has 0 spiro atoms. The number of hydrogen-bond donors (Lipinski definition) is 0. The Morgan fingerprint density at radius 2 is 1.46 bits per heavy atom. The van der Waals surface area contributed by atoms with E-state index in [-0.39, 0.29) is 5.82 Å². The number of benzene rings is 3. The topological polar surface area (TPSA) is 17.8 Å². The van der Waals surface area contributed by atoms with Crippen LogP contribution in [0.5, 0.6) is 0 Å². The average molecular weight is 360 g/mol. The zero-order valence-corrected chi connectivity index (χ0v) is 14.9. The second kappa shape index (κ2) is 7.58. The molecule has 0 aliphatic rings. The monoisotopic (exact) mass is 360 g/mol. The number of nitrogens with zero attached hydrogens (tertiary/aromatic N) is 2. The summed E-state index contributed by atoms with van der Waals surface area (Å²) in [6.45, 7) is 0. The third-order valence-electron chi connectivity index (χ3n) is 4.09. The maximum atomic E-state index is 13.4. The number of rotatable bonds is 5. The quantitative estimate of drug-likeness (QED) is 0.408. The maximum absolute atomic E-state index is 13.4. The third kappa shape index (κ3) is 3.55. The van der Waals surface area contributed by atoms with Gasteiger partial charge < -0.3 is 0 Å². The van der Waals surface area contributed by atoms with E-state index in [0.717, 1.165) is 27.9 Å². The molecule has 1 heterocycles. The molecule has 0 saturated carbocycles. The fourth-order valence-corrected chi connectivity index (χ4v) is 3.76. The van der Waals surface area contributed by atoms with Crippen LogP contribution in [0.3, 0.4) is 0 Å². The van der Waals surface area contributed by atoms with Crippen molar-refractivity contribution in [2.75, 3.05) is 0 Å². The summed E-state index contributed by atoms with van der Waals surface area (Å²) < 4.78 is 15.5. The van der Waals surface area contributed by atoms with Crippen molar-refractivity contribution in [1.82, 2.24) is 9.55 Å². The fourth-order valence-electron chi connectivity index (χ4n) is 2.81. The van der Waals surface area contributed by atoms with E-state index in [4.69, 9.17) is 0 Å². The highest BCUT2D eigenvalue weighted by molar-refractivity contribution is 7.98. The molecule has 4 heteroatoms. The van der Waals surface area contributed by atoms with Gasteiger partial charge in [0.05, 0.1) is 11.9 Å². The first-order chi connectivity index (χ1) is 12.8. The minimum absolute atomic E-state index is 0.242. The molecule has 0 aliphatic carbocycles. The number of thioether (sulfide) groups is 1. The van der Waals surface area contributed by atoms with Gasteiger partial charge in [0.2, 0.25) is 0 Å². The van der Waals surface area contributed by atoms with Crippen molar-refractivity contribution in [2.24, 2.45) is 0 Å². The fraction of sp³-hybridized carbons (Fsp3) is 0.0455. The van der Waals surface area contributed by atoms with E-state index in [1.807, 2.05) is 42.6 Å². The molecule has 0 atom stereocenters. The normalized spacial score (nSPS) is 10.8. The highest BCUT2D eigenvalue weighted by Gasteiger charge is 2.14. The van der Waals surface area contributed by atoms with Gasteiger partial charge in [0, 0.05) is 17.0 Å². The molecule has 0 fully saturated rings. The molecule has 1 aromatic heterocycles. The standard InChI is InChI=1S/C22H17FN2S/c23-19-11-13-20(14-12-19)25-21(18-9-5-2-6-10-18)15-24-22(25)26-16-17-7-3-1-4-8-17/h1-15H,16H2. The summed E-state index contributed by atoms with van der Waals surface area (Å²) in [6, 6.07) is 27.0. The Morgan fingerprint density at radius 1 is 0.808 bits per heavy atom. The van der Waals surface area contributed by atoms with Crippen molar-refractivity contribution in [3.63, 3.8) is 0 Å². The summed E-state index contributed by atoms with van der Waals surface area (Å²) in [4.78, 5) is 4.64. The van der Waals surface area contributed by atoms with Gasteiger partial charge in [0.1, 0.15) is 5.82 Å². The van der Waals surface area contributed by atoms with Crippen LogP contribution in [0.25, 0.3) is 16.9 Å². The zero-order valence-electron chi connectivity index (χ0n) is 14.0. The van der Waals surface area contributed by atoms with Gasteiger partial charge in [-0.2, -0.15) is 0 Å². The van der Waals surface area contributed by atoms with Crippen molar-refractivity contribution < 1.29 is 4.39 Å². The van der Waals surface area contributed by atoms with Crippen molar-refractivity contribution in [1.29, 1.82) is 0 Å². The molecule has 26 heavy (non-hydrogen) atoms. The van der Waals surface area contributed by atoms with Crippen LogP contribution < -0.4 is 0 Å². The van der Waals surface area contributed by atoms with Crippen molar-refractivity contribution >= 4 is 11.8 Å². The molecule has 0 saturated heterocycles. The van der Waals surface area contributed by atoms with E-state index in [9.17, 15) is 4.39 Å². The lowest BCUT2D eigenvalue weighted by Crippen LogP contribution is -1.99. The minimum atomic E-state index is -0.242. The molecule has 3 aromatic carbocycles. The van der Waals surface area contributed by atoms with Gasteiger partial charge in [-0.05, 0) is 29.8 Å². The highest BCUT2D eigenvalue weighted by Crippen LogP contribution is 2.31. The van der Waals surface area contributed by atoms with E-state index in [0.29, 0.717) is 0 Å². The maximum Gasteiger partial charge on any atom is 0.173 e. The minimum Gasteiger partial charge on any atom is -0.287 e. The van der Waals surface area contributed by atoms with Gasteiger partial charge in [-0.15, -0.1) is 0 Å². The van der Waals surface area contributed by atoms with Gasteiger partial charge in [-0.3, -0.25) is 4.57 Å². The first-order valence-electron chi connectivity index (χ1n) is 8.37. The SMILES string of the molecule is Fc1ccc(-n2c(-c3ccccc3)cnc2SCc2ccccc2)cc1. The Kier molecular flexibility index (Phi) is 4.84. The molecule has 0 N–H and O–H groups in total. The lowest BCUT2D eigenvalue weighted by molar-refractivity contribution is 0.627. The van der Waals surface area contributed by atoms with Crippen LogP contribution in [0.1, 0.15) is 5.56 Å². The molecule has 0 amide bonds. The first kappa shape index (κ1) is 16.6. The summed E-state index contributed by atoms with van der Waals surface area (Å²) in [5, 5.41) is 0.888. The van der Waals surface area contributed by atoms with E-state index < -0.39 is 0 Å². The Hall–Kier alpha value is -2.85. The van der Waals surface area contributed by atoms with E-state index >= 15 is 0 Å². The molecule has 4 rings (SSSR count). The van der Waals surface area contributed by atoms with Crippen LogP contribution in [0.15, 0.2) is 96.3 Å². The van der Waals surface area contributed by atoms with Gasteiger partial charge in [0.25, 0.3) is 0 Å². The number of aromatic nitrogens is 2. The summed E-state index contributed by atoms with van der Waals surface area (Å²) in [6.07, 6.45) is 1.88. The van der Waals surface area contributed by atoms with Gasteiger partial charge in [0.15, 0.2) is 5.16 Å². The third-order valence-corrected chi connectivity index (χ3v) is 5.12. The predicted molar refractivity (Wildman–Crippen MR) is 105 cm³/mol. The Morgan fingerprint density at radius 3 is 2.15 bits per heavy atom. The van der Waals surface area contributed by atoms with Crippen LogP contribution in [-0.2, 0) is 5.75 Å². The molecule has 0 unspecified atom stereocenters. The Labute approximate surface area is 156 Å². The first-order valence-corrected chi connectivity index (χ1v) is 9.35. The molecule has 0 bridgehead atoms. The summed E-state index contributed by atoms with van der Waals surface area (Å²) in [7, 11) is 0. The van der Waals surface area contributed by atoms with Gasteiger partial charge >= 0.3 is 0 Å². The number of imidazole rings is 1. The molecule has 0 radical (unpaired) electrons. The lowest BCUT2D eigenvalue weighted by Gasteiger charge is -2.12. The molecular formula is C22H17FN2S. The summed E-state index contributed by atoms with van der Waals surface area (Å²) in [5.41, 5.74) is 4.22. The Balaban J connectivity index is 1.74. The molecule has 0 aliphatic heterocycles. The van der Waals surface area contributed by atoms with Crippen LogP contribution in [0, 0.1) is 5.82 Å². The highest BCUT2D eigenvalue weighted by atomic mass is 32.2. The second-order valence-corrected chi connectivity index (χ2v) is 6.82. The van der Waals surface area contributed by atoms with Gasteiger partial charge in [-0.25, -0.2) is 9.37 Å². The average Bonchev–Trinajstić information content (AvgIpc) is 3.12. The largest absolute Gasteiger partial charge is 0.287 e. The smallest absolute Gasteiger partial charge is 0.173 e. The van der Waals surface area contributed by atoms with Crippen LogP contribution in [0.4, 0.5) is 4.39 Å². The van der Waals surface area contributed by atoms with Gasteiger partial charge in [-0.1, -0.05) is 72.4 Å². The molecular weight excluding hydrogens is 343 g/mol. The number of halogens is 1. The van der Waals surface area contributed by atoms with E-state index in [1.54, 1.807) is 23.9 Å². The number of hydrogen-bond acceptors (Lipinski definition) is 2. The zero-order chi connectivity index (χ0) is 17.8. The lowest BCUT2D eigenvalue weighted by atomic mass is 10.1. The van der Waals surface area contributed by atoms with Crippen LogP contribution in [-0.4, -0.2) is 9.55 Å². The van der Waals surface area contributed by atoms with Crippen molar-refractivity contribution in [2.45, 2.75) is 10.9 Å². The summed E-state index contributed by atoms with van der Waals surface area (Å²) >= 11 is 1.67. The van der Waals surface area contributed by atoms with Crippen molar-refractivity contribution in [3.05, 3.63) is 103 Å². The van der Waals surface area contributed by atoms with Crippen molar-refractivity contribution in [3.8, 4) is 16.9 Å². The molecule has 2 nitrogen and oxygen atoms in total. The van der Waals surface area contributed by atoms with Crippen LogP contribution >= 0.6 is 11.8 Å². The summed E-state index contributed by atoms with van der Waals surface area (Å²) in [5.74, 6) is 0.585. The predicted octanol–water partition coefficient (Wildman–Crippen LogP) is 5.97. The molecule has 128 valence electrons. The second-order valence-electron chi connectivity index (χ2n) is 5.88. The Bertz CT molecular complexity index is 980. The van der Waals surface area contributed by atoms with E-state index in [2.05, 4.69) is 33.8 Å². The van der Waals surface area contributed by atoms with Crippen LogP contribution in [0.2, 0.25) is 0 Å². The van der Waals surface area contributed by atoms with E-state index in [1.165, 1.54) is 17.7 Å². The molecule has 4 aromatic rings.